The van der Waals surface area contributed by atoms with E-state index < -0.39 is 11.4 Å². The fraction of sp³-hybridized carbons (Fsp3) is 0.688. The van der Waals surface area contributed by atoms with Crippen molar-refractivity contribution in [1.82, 2.24) is 14.7 Å². The van der Waals surface area contributed by atoms with Crippen molar-refractivity contribution in [2.75, 3.05) is 26.8 Å². The highest BCUT2D eigenvalue weighted by atomic mass is 16.5. The topological polar surface area (TPSA) is 84.7 Å². The van der Waals surface area contributed by atoms with E-state index in [-0.39, 0.29) is 12.5 Å². The van der Waals surface area contributed by atoms with E-state index in [9.17, 15) is 14.7 Å². The van der Waals surface area contributed by atoms with Gasteiger partial charge < -0.3 is 14.7 Å². The maximum Gasteiger partial charge on any atom is 0.311 e. The lowest BCUT2D eigenvalue weighted by Crippen LogP contribution is -2.50. The van der Waals surface area contributed by atoms with E-state index in [0.717, 1.165) is 6.42 Å². The molecule has 2 rings (SSSR count). The molecule has 1 aromatic rings. The number of carboxylic acids is 1. The van der Waals surface area contributed by atoms with Crippen LogP contribution < -0.4 is 0 Å². The summed E-state index contributed by atoms with van der Waals surface area (Å²) in [4.78, 5) is 26.2. The summed E-state index contributed by atoms with van der Waals surface area (Å²) < 4.78 is 6.75. The van der Waals surface area contributed by atoms with Gasteiger partial charge in [0, 0.05) is 39.5 Å². The Bertz CT molecular complexity index is 557. The summed E-state index contributed by atoms with van der Waals surface area (Å²) in [6.45, 7) is 3.88. The molecule has 7 heteroatoms. The zero-order chi connectivity index (χ0) is 16.9. The number of methoxy groups -OCH3 is 1. The molecule has 128 valence electrons. The van der Waals surface area contributed by atoms with Gasteiger partial charge in [-0.2, -0.15) is 5.10 Å². The van der Waals surface area contributed by atoms with E-state index in [4.69, 9.17) is 4.74 Å². The third-order valence-electron chi connectivity index (χ3n) is 4.47. The van der Waals surface area contributed by atoms with Gasteiger partial charge >= 0.3 is 5.97 Å². The number of carboxylic acid groups (broad SMARTS) is 1. The standard InChI is InChI=1S/C16H25N3O4/c1-3-9-19-13(5-8-17-19)14(20)18-10-4-6-16(12-18,15(21)22)7-11-23-2/h5,8H,3-4,6-7,9-12H2,1-2H3,(H,21,22). The summed E-state index contributed by atoms with van der Waals surface area (Å²) in [6.07, 6.45) is 4.17. The Balaban J connectivity index is 2.17. The Labute approximate surface area is 136 Å². The molecule has 0 spiro atoms. The molecular formula is C16H25N3O4. The van der Waals surface area contributed by atoms with Gasteiger partial charge in [-0.1, -0.05) is 6.92 Å². The predicted octanol–water partition coefficient (Wildman–Crippen LogP) is 1.64. The van der Waals surface area contributed by atoms with Crippen LogP contribution in [0.4, 0.5) is 0 Å². The average molecular weight is 323 g/mol. The maximum atomic E-state index is 12.8. The molecular weight excluding hydrogens is 298 g/mol. The van der Waals surface area contributed by atoms with Gasteiger partial charge in [0.05, 0.1) is 5.41 Å². The quantitative estimate of drug-likeness (QED) is 0.824. The lowest BCUT2D eigenvalue weighted by molar-refractivity contribution is -0.153. The van der Waals surface area contributed by atoms with E-state index in [1.165, 1.54) is 0 Å². The molecule has 2 heterocycles. The van der Waals surface area contributed by atoms with Crippen LogP contribution in [0.5, 0.6) is 0 Å². The maximum absolute atomic E-state index is 12.8. The van der Waals surface area contributed by atoms with E-state index in [1.807, 2.05) is 6.92 Å². The number of carbonyl (C=O) groups is 2. The fourth-order valence-electron chi connectivity index (χ4n) is 3.15. The minimum atomic E-state index is -0.917. The molecule has 0 bridgehead atoms. The zero-order valence-corrected chi connectivity index (χ0v) is 13.8. The molecule has 0 saturated carbocycles. The smallest absolute Gasteiger partial charge is 0.311 e. The third-order valence-corrected chi connectivity index (χ3v) is 4.47. The number of aryl methyl sites for hydroxylation is 1. The zero-order valence-electron chi connectivity index (χ0n) is 13.8. The lowest BCUT2D eigenvalue weighted by Gasteiger charge is -2.39. The van der Waals surface area contributed by atoms with Crippen LogP contribution >= 0.6 is 0 Å². The number of amides is 1. The molecule has 23 heavy (non-hydrogen) atoms. The first-order chi connectivity index (χ1) is 11.0. The Morgan fingerprint density at radius 2 is 2.26 bits per heavy atom. The van der Waals surface area contributed by atoms with E-state index in [2.05, 4.69) is 5.10 Å². The minimum absolute atomic E-state index is 0.140. The highest BCUT2D eigenvalue weighted by Gasteiger charge is 2.43. The molecule has 0 radical (unpaired) electrons. The molecule has 1 aromatic heterocycles. The Hall–Kier alpha value is -1.89. The van der Waals surface area contributed by atoms with Crippen molar-refractivity contribution in [3.05, 3.63) is 18.0 Å². The van der Waals surface area contributed by atoms with Crippen molar-refractivity contribution in [3.8, 4) is 0 Å². The van der Waals surface area contributed by atoms with Crippen LogP contribution in [-0.4, -0.2) is 58.5 Å². The van der Waals surface area contributed by atoms with Crippen LogP contribution in [0.25, 0.3) is 0 Å². The van der Waals surface area contributed by atoms with Crippen molar-refractivity contribution in [3.63, 3.8) is 0 Å². The summed E-state index contributed by atoms with van der Waals surface area (Å²) >= 11 is 0. The van der Waals surface area contributed by atoms with Crippen molar-refractivity contribution in [2.45, 2.75) is 39.2 Å². The SMILES string of the molecule is CCCn1nccc1C(=O)N1CCCC(CCOC)(C(=O)O)C1. The lowest BCUT2D eigenvalue weighted by atomic mass is 9.77. The Kier molecular flexibility index (Phi) is 5.76. The first kappa shape index (κ1) is 17.5. The average Bonchev–Trinajstić information content (AvgIpc) is 3.01. The second-order valence-corrected chi connectivity index (χ2v) is 6.10. The molecule has 1 aliphatic rings. The number of hydrogen-bond donors (Lipinski definition) is 1. The number of aromatic nitrogens is 2. The van der Waals surface area contributed by atoms with Crippen LogP contribution in [0.2, 0.25) is 0 Å². The van der Waals surface area contributed by atoms with Gasteiger partial charge in [0.2, 0.25) is 0 Å². The van der Waals surface area contributed by atoms with Crippen LogP contribution in [0.1, 0.15) is 43.1 Å². The molecule has 0 aromatic carbocycles. The van der Waals surface area contributed by atoms with Crippen LogP contribution in [0.3, 0.4) is 0 Å². The van der Waals surface area contributed by atoms with Crippen LogP contribution in [0, 0.1) is 5.41 Å². The number of hydrogen-bond acceptors (Lipinski definition) is 4. The van der Waals surface area contributed by atoms with Crippen molar-refractivity contribution >= 4 is 11.9 Å². The molecule has 1 N–H and O–H groups in total. The van der Waals surface area contributed by atoms with Gasteiger partial charge in [-0.3, -0.25) is 14.3 Å². The molecule has 1 atom stereocenters. The number of likely N-dealkylation sites (tertiary alicyclic amines) is 1. The fourth-order valence-corrected chi connectivity index (χ4v) is 3.15. The van der Waals surface area contributed by atoms with Gasteiger partial charge in [0.25, 0.3) is 5.91 Å². The molecule has 1 aliphatic heterocycles. The summed E-state index contributed by atoms with van der Waals surface area (Å²) in [5.74, 6) is -0.993. The normalized spacial score (nSPS) is 21.4. The minimum Gasteiger partial charge on any atom is -0.481 e. The number of nitrogens with zero attached hydrogens (tertiary/aromatic N) is 3. The van der Waals surface area contributed by atoms with Crippen LogP contribution in [-0.2, 0) is 16.1 Å². The Morgan fingerprint density at radius 3 is 2.91 bits per heavy atom. The number of carbonyl (C=O) groups excluding carboxylic acids is 1. The number of piperidine rings is 1. The first-order valence-corrected chi connectivity index (χ1v) is 8.07. The van der Waals surface area contributed by atoms with Crippen molar-refractivity contribution in [1.29, 1.82) is 0 Å². The van der Waals surface area contributed by atoms with Gasteiger partial charge in [0.1, 0.15) is 5.69 Å². The molecule has 1 fully saturated rings. The monoisotopic (exact) mass is 323 g/mol. The predicted molar refractivity (Wildman–Crippen MR) is 84.2 cm³/mol. The number of aliphatic carboxylic acids is 1. The second kappa shape index (κ2) is 7.59. The van der Waals surface area contributed by atoms with Crippen molar-refractivity contribution < 1.29 is 19.4 Å². The summed E-state index contributed by atoms with van der Waals surface area (Å²) in [7, 11) is 1.56. The van der Waals surface area contributed by atoms with E-state index in [0.29, 0.717) is 44.7 Å². The van der Waals surface area contributed by atoms with Crippen LogP contribution in [0.15, 0.2) is 12.3 Å². The third kappa shape index (κ3) is 3.72. The first-order valence-electron chi connectivity index (χ1n) is 8.07. The largest absolute Gasteiger partial charge is 0.481 e. The molecule has 7 nitrogen and oxygen atoms in total. The molecule has 0 aliphatic carbocycles. The molecule has 1 amide bonds. The molecule has 1 unspecified atom stereocenters. The molecule has 1 saturated heterocycles. The second-order valence-electron chi connectivity index (χ2n) is 6.10. The Morgan fingerprint density at radius 1 is 1.48 bits per heavy atom. The summed E-state index contributed by atoms with van der Waals surface area (Å²) in [5.41, 5.74) is -0.390. The number of ether oxygens (including phenoxy) is 1. The summed E-state index contributed by atoms with van der Waals surface area (Å²) in [5, 5.41) is 13.8. The van der Waals surface area contributed by atoms with Gasteiger partial charge in [-0.25, -0.2) is 0 Å². The van der Waals surface area contributed by atoms with E-state index in [1.54, 1.807) is 29.0 Å². The van der Waals surface area contributed by atoms with Crippen molar-refractivity contribution in [2.24, 2.45) is 5.41 Å². The summed E-state index contributed by atoms with van der Waals surface area (Å²) in [6, 6.07) is 1.70. The van der Waals surface area contributed by atoms with Gasteiger partial charge in [-0.05, 0) is 31.7 Å². The highest BCUT2D eigenvalue weighted by Crippen LogP contribution is 2.34. The van der Waals surface area contributed by atoms with Gasteiger partial charge in [0.15, 0.2) is 0 Å². The highest BCUT2D eigenvalue weighted by molar-refractivity contribution is 5.93. The number of rotatable bonds is 7. The van der Waals surface area contributed by atoms with E-state index >= 15 is 0 Å². The van der Waals surface area contributed by atoms with Gasteiger partial charge in [-0.15, -0.1) is 0 Å².